The van der Waals surface area contributed by atoms with Crippen LogP contribution in [0, 0.1) is 11.8 Å². The molecule has 1 heterocycles. The molecule has 0 aromatic carbocycles. The summed E-state index contributed by atoms with van der Waals surface area (Å²) < 4.78 is 11.5. The van der Waals surface area contributed by atoms with Gasteiger partial charge in [0.1, 0.15) is 5.60 Å². The number of ether oxygens (including phenoxy) is 2. The number of aliphatic hydroxyl groups is 2. The maximum atomic E-state index is 10.8. The average molecular weight is 286 g/mol. The highest BCUT2D eigenvalue weighted by Gasteiger charge is 2.65. The average Bonchev–Trinajstić information content (AvgIpc) is 3.01. The molecule has 0 aromatic rings. The molecule has 1 aliphatic heterocycles. The van der Waals surface area contributed by atoms with Crippen LogP contribution in [-0.2, 0) is 9.47 Å². The van der Waals surface area contributed by atoms with Crippen LogP contribution in [0.2, 0.25) is 0 Å². The molecule has 0 aromatic heterocycles. The van der Waals surface area contributed by atoms with Crippen LogP contribution in [0.3, 0.4) is 0 Å². The van der Waals surface area contributed by atoms with Gasteiger partial charge in [-0.3, -0.25) is 0 Å². The molecule has 0 bridgehead atoms. The Morgan fingerprint density at radius 2 is 2.00 bits per heavy atom. The Kier molecular flexibility index (Phi) is 4.51. The Balaban J connectivity index is 2.11. The van der Waals surface area contributed by atoms with Crippen molar-refractivity contribution in [1.29, 1.82) is 0 Å². The van der Waals surface area contributed by atoms with E-state index in [2.05, 4.69) is 20.8 Å². The lowest BCUT2D eigenvalue weighted by Gasteiger charge is -2.46. The molecule has 2 fully saturated rings. The minimum atomic E-state index is -0.846. The third-order valence-corrected chi connectivity index (χ3v) is 5.20. The molecular weight excluding hydrogens is 256 g/mol. The molecule has 2 N–H and O–H groups in total. The summed E-state index contributed by atoms with van der Waals surface area (Å²) >= 11 is 0. The van der Waals surface area contributed by atoms with Crippen molar-refractivity contribution in [3.05, 3.63) is 0 Å². The van der Waals surface area contributed by atoms with Crippen LogP contribution in [0.1, 0.15) is 53.4 Å². The predicted octanol–water partition coefficient (Wildman–Crippen LogP) is 2.12. The SMILES string of the molecule is COC1C(O)CCC(C)(O)C1C1(C)OC1CCC(C)C. The summed E-state index contributed by atoms with van der Waals surface area (Å²) in [5, 5.41) is 20.9. The highest BCUT2D eigenvalue weighted by atomic mass is 16.6. The molecule has 6 unspecified atom stereocenters. The third-order valence-electron chi connectivity index (χ3n) is 5.20. The first-order valence-corrected chi connectivity index (χ1v) is 7.83. The van der Waals surface area contributed by atoms with E-state index in [1.54, 1.807) is 7.11 Å². The van der Waals surface area contributed by atoms with E-state index in [1.807, 2.05) is 6.92 Å². The Bertz CT molecular complexity index is 341. The summed E-state index contributed by atoms with van der Waals surface area (Å²) in [5.41, 5.74) is -1.22. The highest BCUT2D eigenvalue weighted by Crippen LogP contribution is 2.54. The monoisotopic (exact) mass is 286 g/mol. The van der Waals surface area contributed by atoms with E-state index in [9.17, 15) is 10.2 Å². The summed E-state index contributed by atoms with van der Waals surface area (Å²) in [6.45, 7) is 8.32. The topological polar surface area (TPSA) is 62.2 Å². The molecule has 0 radical (unpaired) electrons. The zero-order valence-electron chi connectivity index (χ0n) is 13.4. The molecule has 20 heavy (non-hydrogen) atoms. The molecule has 4 heteroatoms. The Morgan fingerprint density at radius 1 is 1.35 bits per heavy atom. The van der Waals surface area contributed by atoms with E-state index in [0.29, 0.717) is 18.8 Å². The van der Waals surface area contributed by atoms with Gasteiger partial charge in [0.15, 0.2) is 0 Å². The van der Waals surface area contributed by atoms with Gasteiger partial charge in [-0.05, 0) is 45.4 Å². The van der Waals surface area contributed by atoms with Crippen molar-refractivity contribution in [1.82, 2.24) is 0 Å². The molecule has 1 aliphatic carbocycles. The number of hydrogen-bond acceptors (Lipinski definition) is 4. The van der Waals surface area contributed by atoms with Gasteiger partial charge in [-0.1, -0.05) is 13.8 Å². The second-order valence-corrected chi connectivity index (χ2v) is 7.40. The Hall–Kier alpha value is -0.160. The lowest BCUT2D eigenvalue weighted by Crippen LogP contribution is -2.58. The standard InChI is InChI=1S/C16H30O4/c1-10(2)6-7-12-16(4,20-12)14-13(19-5)11(17)8-9-15(14,3)18/h10-14,17-18H,6-9H2,1-5H3. The van der Waals surface area contributed by atoms with Crippen LogP contribution >= 0.6 is 0 Å². The van der Waals surface area contributed by atoms with Gasteiger partial charge in [0.05, 0.1) is 23.9 Å². The van der Waals surface area contributed by atoms with Gasteiger partial charge in [0.2, 0.25) is 0 Å². The van der Waals surface area contributed by atoms with E-state index >= 15 is 0 Å². The quantitative estimate of drug-likeness (QED) is 0.760. The summed E-state index contributed by atoms with van der Waals surface area (Å²) in [4.78, 5) is 0. The Labute approximate surface area is 122 Å². The fraction of sp³-hybridized carbons (Fsp3) is 1.00. The highest BCUT2D eigenvalue weighted by molar-refractivity contribution is 5.14. The summed E-state index contributed by atoms with van der Waals surface area (Å²) in [6, 6.07) is 0. The van der Waals surface area contributed by atoms with Crippen molar-refractivity contribution < 1.29 is 19.7 Å². The molecule has 6 atom stereocenters. The second-order valence-electron chi connectivity index (χ2n) is 7.40. The molecule has 1 saturated carbocycles. The molecule has 2 aliphatic rings. The first kappa shape index (κ1) is 16.2. The van der Waals surface area contributed by atoms with E-state index < -0.39 is 11.7 Å². The van der Waals surface area contributed by atoms with Crippen molar-refractivity contribution in [2.75, 3.05) is 7.11 Å². The van der Waals surface area contributed by atoms with E-state index in [4.69, 9.17) is 9.47 Å². The predicted molar refractivity (Wildman–Crippen MR) is 77.5 cm³/mol. The molecule has 4 nitrogen and oxygen atoms in total. The van der Waals surface area contributed by atoms with E-state index in [-0.39, 0.29) is 23.7 Å². The zero-order valence-corrected chi connectivity index (χ0v) is 13.4. The van der Waals surface area contributed by atoms with Crippen LogP contribution in [-0.4, -0.2) is 46.8 Å². The first-order chi connectivity index (χ1) is 9.22. The number of methoxy groups -OCH3 is 1. The van der Waals surface area contributed by atoms with Gasteiger partial charge in [0, 0.05) is 13.0 Å². The molecule has 1 saturated heterocycles. The maximum Gasteiger partial charge on any atom is 0.100 e. The van der Waals surface area contributed by atoms with Gasteiger partial charge in [-0.15, -0.1) is 0 Å². The molecule has 118 valence electrons. The van der Waals surface area contributed by atoms with Gasteiger partial charge in [-0.25, -0.2) is 0 Å². The van der Waals surface area contributed by atoms with Crippen LogP contribution < -0.4 is 0 Å². The van der Waals surface area contributed by atoms with E-state index in [1.165, 1.54) is 0 Å². The van der Waals surface area contributed by atoms with Gasteiger partial charge in [-0.2, -0.15) is 0 Å². The van der Waals surface area contributed by atoms with Crippen LogP contribution in [0.25, 0.3) is 0 Å². The fourth-order valence-corrected chi connectivity index (χ4v) is 3.95. The Morgan fingerprint density at radius 3 is 2.55 bits per heavy atom. The molecule has 0 spiro atoms. The number of aliphatic hydroxyl groups excluding tert-OH is 1. The minimum Gasteiger partial charge on any atom is -0.390 e. The molecule has 0 amide bonds. The van der Waals surface area contributed by atoms with Crippen LogP contribution in [0.5, 0.6) is 0 Å². The smallest absolute Gasteiger partial charge is 0.100 e. The number of epoxide rings is 1. The van der Waals surface area contributed by atoms with Crippen molar-refractivity contribution in [3.63, 3.8) is 0 Å². The second kappa shape index (κ2) is 5.56. The van der Waals surface area contributed by atoms with Crippen LogP contribution in [0.4, 0.5) is 0 Å². The summed E-state index contributed by atoms with van der Waals surface area (Å²) in [6.07, 6.45) is 2.60. The fourth-order valence-electron chi connectivity index (χ4n) is 3.95. The lowest BCUT2D eigenvalue weighted by molar-refractivity contribution is -0.171. The lowest BCUT2D eigenvalue weighted by atomic mass is 9.66. The zero-order chi connectivity index (χ0) is 15.1. The van der Waals surface area contributed by atoms with Gasteiger partial charge < -0.3 is 19.7 Å². The number of rotatable bonds is 5. The van der Waals surface area contributed by atoms with Gasteiger partial charge >= 0.3 is 0 Å². The molecular formula is C16H30O4. The maximum absolute atomic E-state index is 10.8. The van der Waals surface area contributed by atoms with Crippen molar-refractivity contribution in [2.24, 2.45) is 11.8 Å². The van der Waals surface area contributed by atoms with Crippen LogP contribution in [0.15, 0.2) is 0 Å². The van der Waals surface area contributed by atoms with Crippen molar-refractivity contribution in [2.45, 2.75) is 82.9 Å². The molecule has 2 rings (SSSR count). The van der Waals surface area contributed by atoms with E-state index in [0.717, 1.165) is 12.8 Å². The normalized spacial score (nSPS) is 48.6. The summed E-state index contributed by atoms with van der Waals surface area (Å²) in [5.74, 6) is 0.472. The first-order valence-electron chi connectivity index (χ1n) is 7.83. The third kappa shape index (κ3) is 2.89. The minimum absolute atomic E-state index is 0.171. The summed E-state index contributed by atoms with van der Waals surface area (Å²) in [7, 11) is 1.61. The van der Waals surface area contributed by atoms with Crippen molar-refractivity contribution in [3.8, 4) is 0 Å². The van der Waals surface area contributed by atoms with Gasteiger partial charge in [0.25, 0.3) is 0 Å². The number of hydrogen-bond donors (Lipinski definition) is 2. The largest absolute Gasteiger partial charge is 0.390 e. The van der Waals surface area contributed by atoms with Crippen molar-refractivity contribution >= 4 is 0 Å².